The van der Waals surface area contributed by atoms with Gasteiger partial charge in [-0.25, -0.2) is 0 Å². The summed E-state index contributed by atoms with van der Waals surface area (Å²) in [6.07, 6.45) is 46.0. The van der Waals surface area contributed by atoms with Gasteiger partial charge in [0.25, 0.3) is 0 Å². The maximum atomic E-state index is 12.6. The molecule has 0 saturated heterocycles. The third-order valence-electron chi connectivity index (χ3n) is 12.1. The van der Waals surface area contributed by atoms with E-state index < -0.39 is 0 Å². The van der Waals surface area contributed by atoms with E-state index in [1.165, 1.54) is 128 Å². The molecule has 398 valence electrons. The fourth-order valence-electron chi connectivity index (χ4n) is 7.80. The monoisotopic (exact) mass is 962 g/mol. The Morgan fingerprint density at radius 2 is 0.662 bits per heavy atom. The van der Waals surface area contributed by atoms with Gasteiger partial charge in [-0.1, -0.05) is 161 Å². The van der Waals surface area contributed by atoms with Crippen LogP contribution in [-0.4, -0.2) is 114 Å². The van der Waals surface area contributed by atoms with Crippen molar-refractivity contribution < 1.29 is 33.4 Å². The van der Waals surface area contributed by atoms with Crippen LogP contribution in [0.3, 0.4) is 0 Å². The molecule has 0 radical (unpaired) electrons. The van der Waals surface area contributed by atoms with E-state index in [9.17, 15) is 19.2 Å². The van der Waals surface area contributed by atoms with Crippen LogP contribution in [0.5, 0.6) is 0 Å². The number of hydrogen-bond donors (Lipinski definition) is 4. The van der Waals surface area contributed by atoms with Gasteiger partial charge >= 0.3 is 0 Å². The Bertz CT molecular complexity index is 1130. The molecule has 0 bridgehead atoms. The maximum Gasteiger partial charge on any atom is 0.245 e. The molecule has 0 fully saturated rings. The van der Waals surface area contributed by atoms with Gasteiger partial charge in [0.05, 0.1) is 33.0 Å². The summed E-state index contributed by atoms with van der Waals surface area (Å²) in [4.78, 5) is 51.8. The summed E-state index contributed by atoms with van der Waals surface area (Å²) in [6.45, 7) is 12.5. The molecule has 0 aliphatic heterocycles. The van der Waals surface area contributed by atoms with E-state index in [0.717, 1.165) is 57.8 Å². The Labute approximate surface area is 417 Å². The average Bonchev–Trinajstić information content (AvgIpc) is 3.33. The Hall–Kier alpha value is -2.80. The van der Waals surface area contributed by atoms with E-state index in [-0.39, 0.29) is 36.7 Å². The molecule has 0 aliphatic rings. The second-order valence-electron chi connectivity index (χ2n) is 18.6. The van der Waals surface area contributed by atoms with Crippen molar-refractivity contribution in [1.82, 2.24) is 26.2 Å². The minimum Gasteiger partial charge on any atom is -0.379 e. The van der Waals surface area contributed by atoms with Gasteiger partial charge in [-0.2, -0.15) is 0 Å². The molecule has 4 amide bonds. The Kier molecular flexibility index (Phi) is 52.9. The lowest BCUT2D eigenvalue weighted by molar-refractivity contribution is -0.126. The Balaban J connectivity index is 4.36. The third kappa shape index (κ3) is 52.6. The van der Waals surface area contributed by atoms with Crippen molar-refractivity contribution in [2.75, 3.05) is 85.5 Å². The van der Waals surface area contributed by atoms with Crippen molar-refractivity contribution in [2.45, 2.75) is 226 Å². The second-order valence-corrected chi connectivity index (χ2v) is 18.6. The number of nitrogens with zero attached hydrogens (tertiary/aromatic N) is 1. The first-order valence-corrected chi connectivity index (χ1v) is 28.2. The molecule has 12 heteroatoms. The number of carbonyl (C=O) groups excluding carboxylic acids is 4. The van der Waals surface area contributed by atoms with Gasteiger partial charge in [0.15, 0.2) is 0 Å². The molecular formula is C56H107N5O7. The van der Waals surface area contributed by atoms with E-state index >= 15 is 0 Å². The number of nitrogens with one attached hydrogen (secondary N) is 4. The summed E-state index contributed by atoms with van der Waals surface area (Å²) in [5.41, 5.74) is 0. The van der Waals surface area contributed by atoms with Crippen molar-refractivity contribution in [1.29, 1.82) is 0 Å². The lowest BCUT2D eigenvalue weighted by Gasteiger charge is -2.23. The van der Waals surface area contributed by atoms with E-state index in [2.05, 4.69) is 71.2 Å². The molecule has 0 aromatic rings. The van der Waals surface area contributed by atoms with Crippen LogP contribution in [0, 0.1) is 0 Å². The summed E-state index contributed by atoms with van der Waals surface area (Å²) in [5, 5.41) is 12.0. The highest BCUT2D eigenvalue weighted by Crippen LogP contribution is 2.12. The summed E-state index contributed by atoms with van der Waals surface area (Å²) in [5.74, 6) is -0.0313. The predicted octanol–water partition coefficient (Wildman–Crippen LogP) is 11.5. The molecule has 0 aromatic carbocycles. The van der Waals surface area contributed by atoms with Gasteiger partial charge in [-0.05, 0) is 70.6 Å². The second kappa shape index (κ2) is 55.1. The van der Waals surface area contributed by atoms with Crippen molar-refractivity contribution in [3.63, 3.8) is 0 Å². The van der Waals surface area contributed by atoms with Crippen LogP contribution in [0.4, 0.5) is 0 Å². The highest BCUT2D eigenvalue weighted by Gasteiger charge is 2.10. The molecule has 68 heavy (non-hydrogen) atoms. The first-order chi connectivity index (χ1) is 33.4. The number of carbonyl (C=O) groups is 4. The summed E-state index contributed by atoms with van der Waals surface area (Å²) < 4.78 is 16.4. The number of amides is 4. The summed E-state index contributed by atoms with van der Waals surface area (Å²) >= 11 is 0. The minimum absolute atomic E-state index is 0.0303. The van der Waals surface area contributed by atoms with Gasteiger partial charge in [0.2, 0.25) is 23.6 Å². The van der Waals surface area contributed by atoms with E-state index in [0.29, 0.717) is 91.7 Å². The van der Waals surface area contributed by atoms with Crippen LogP contribution in [0.25, 0.3) is 0 Å². The number of rotatable bonds is 54. The smallest absolute Gasteiger partial charge is 0.245 e. The van der Waals surface area contributed by atoms with E-state index in [1.807, 2.05) is 0 Å². The van der Waals surface area contributed by atoms with Crippen LogP contribution in [-0.2, 0) is 33.4 Å². The Morgan fingerprint density at radius 1 is 0.338 bits per heavy atom. The molecule has 0 unspecified atom stereocenters. The average molecular weight is 962 g/mol. The quantitative estimate of drug-likeness (QED) is 0.0348. The van der Waals surface area contributed by atoms with Crippen LogP contribution < -0.4 is 21.3 Å². The highest BCUT2D eigenvalue weighted by atomic mass is 16.5. The Morgan fingerprint density at radius 3 is 1.09 bits per heavy atom. The number of unbranched alkanes of at least 4 members (excludes halogenated alkanes) is 24. The molecule has 4 N–H and O–H groups in total. The van der Waals surface area contributed by atoms with E-state index in [1.54, 1.807) is 0 Å². The van der Waals surface area contributed by atoms with Gasteiger partial charge in [0, 0.05) is 65.1 Å². The van der Waals surface area contributed by atoms with Gasteiger partial charge in [-0.3, -0.25) is 24.1 Å². The fourth-order valence-corrected chi connectivity index (χ4v) is 7.80. The first kappa shape index (κ1) is 65.2. The molecule has 0 spiro atoms. The lowest BCUT2D eigenvalue weighted by atomic mass is 10.1. The van der Waals surface area contributed by atoms with Crippen molar-refractivity contribution in [3.05, 3.63) is 24.3 Å². The zero-order valence-electron chi connectivity index (χ0n) is 44.4. The zero-order valence-corrected chi connectivity index (χ0v) is 44.4. The van der Waals surface area contributed by atoms with Crippen LogP contribution in [0.15, 0.2) is 24.3 Å². The molecular weight excluding hydrogens is 855 g/mol. The normalized spacial score (nSPS) is 11.6. The van der Waals surface area contributed by atoms with Gasteiger partial charge in [0.1, 0.15) is 6.61 Å². The van der Waals surface area contributed by atoms with Gasteiger partial charge < -0.3 is 35.5 Å². The largest absolute Gasteiger partial charge is 0.379 e. The fraction of sp³-hybridized carbons (Fsp3) is 0.857. The van der Waals surface area contributed by atoms with Crippen molar-refractivity contribution in [3.8, 4) is 0 Å². The molecule has 0 atom stereocenters. The van der Waals surface area contributed by atoms with Crippen LogP contribution in [0.1, 0.15) is 226 Å². The SMILES string of the molecule is CCCCCCCCC=CCCCCCCCC(=O)NCCN(CCNC(=O)CCCCCCCC=CCCCCCCCC)CCNC(=O)CCOCCOCCOCC(=O)NCCCCC. The van der Waals surface area contributed by atoms with Crippen LogP contribution >= 0.6 is 0 Å². The number of hydrogen-bond acceptors (Lipinski definition) is 8. The predicted molar refractivity (Wildman–Crippen MR) is 284 cm³/mol. The zero-order chi connectivity index (χ0) is 49.5. The molecule has 0 rings (SSSR count). The standard InChI is InChI=1S/C56H107N5O7/c1-4-7-10-12-14-16-18-20-22-24-26-28-30-32-34-37-53(62)58-41-44-61(45-42-59-54(63)38-35-33-31-29-27-25-23-21-19-17-15-13-11-8-5-2)46-43-60-55(64)39-47-66-48-49-67-50-51-68-52-56(65)57-40-36-9-6-3/h20-23H,4-19,24-52H2,1-3H3,(H,57,65)(H,58,62)(H,59,63)(H,60,64). The molecule has 0 saturated carbocycles. The van der Waals surface area contributed by atoms with Gasteiger partial charge in [-0.15, -0.1) is 0 Å². The number of allylic oxidation sites excluding steroid dienone is 4. The van der Waals surface area contributed by atoms with Crippen molar-refractivity contribution in [2.24, 2.45) is 0 Å². The first-order valence-electron chi connectivity index (χ1n) is 28.2. The molecule has 12 nitrogen and oxygen atoms in total. The molecule has 0 heterocycles. The molecule has 0 aliphatic carbocycles. The number of ether oxygens (including phenoxy) is 3. The van der Waals surface area contributed by atoms with Crippen molar-refractivity contribution >= 4 is 23.6 Å². The van der Waals surface area contributed by atoms with E-state index in [4.69, 9.17) is 14.2 Å². The third-order valence-corrected chi connectivity index (χ3v) is 12.1. The highest BCUT2D eigenvalue weighted by molar-refractivity contribution is 5.77. The molecule has 0 aromatic heterocycles. The van der Waals surface area contributed by atoms with Crippen LogP contribution in [0.2, 0.25) is 0 Å². The maximum absolute atomic E-state index is 12.6. The summed E-state index contributed by atoms with van der Waals surface area (Å²) in [7, 11) is 0. The lowest BCUT2D eigenvalue weighted by Crippen LogP contribution is -2.43. The topological polar surface area (TPSA) is 147 Å². The summed E-state index contributed by atoms with van der Waals surface area (Å²) in [6, 6.07) is 0. The minimum atomic E-state index is -0.110.